The SMILES string of the molecule is Cc1nc2ccccc2n1C1C[C@@H]2CC[C@@H](C1)N2CCC1(CN(C)C(=O)C(C)(C)C)CCc2ccccc21. The number of piperidine rings is 1. The lowest BCUT2D eigenvalue weighted by atomic mass is 9.77. The third-order valence-corrected chi connectivity index (χ3v) is 9.84. The van der Waals surface area contributed by atoms with Gasteiger partial charge in [0.05, 0.1) is 11.0 Å². The number of carbonyl (C=O) groups is 1. The summed E-state index contributed by atoms with van der Waals surface area (Å²) in [5.41, 5.74) is 5.06. The van der Waals surface area contributed by atoms with Gasteiger partial charge in [0.25, 0.3) is 0 Å². The topological polar surface area (TPSA) is 41.4 Å². The molecule has 2 bridgehead atoms. The molecule has 3 aromatic rings. The van der Waals surface area contributed by atoms with Gasteiger partial charge in [-0.3, -0.25) is 9.69 Å². The second kappa shape index (κ2) is 9.51. The highest BCUT2D eigenvalue weighted by Gasteiger charge is 2.45. The largest absolute Gasteiger partial charge is 0.344 e. The van der Waals surface area contributed by atoms with Crippen molar-refractivity contribution in [1.29, 1.82) is 0 Å². The van der Waals surface area contributed by atoms with Crippen molar-refractivity contribution in [3.05, 3.63) is 65.5 Å². The molecule has 3 atom stereocenters. The summed E-state index contributed by atoms with van der Waals surface area (Å²) in [5, 5.41) is 0. The zero-order valence-corrected chi connectivity index (χ0v) is 23.9. The van der Waals surface area contributed by atoms with Crippen molar-refractivity contribution in [2.45, 2.75) is 96.2 Å². The minimum absolute atomic E-state index is 0.0413. The Morgan fingerprint density at radius 2 is 1.71 bits per heavy atom. The molecule has 3 aliphatic rings. The summed E-state index contributed by atoms with van der Waals surface area (Å²) in [4.78, 5) is 22.9. The third-order valence-electron chi connectivity index (χ3n) is 9.84. The van der Waals surface area contributed by atoms with E-state index in [0.29, 0.717) is 18.1 Å². The predicted molar refractivity (Wildman–Crippen MR) is 154 cm³/mol. The fraction of sp³-hybridized carbons (Fsp3) is 0.576. The van der Waals surface area contributed by atoms with Gasteiger partial charge in [0.15, 0.2) is 0 Å². The first-order valence-electron chi connectivity index (χ1n) is 14.7. The van der Waals surface area contributed by atoms with Gasteiger partial charge in [-0.2, -0.15) is 0 Å². The van der Waals surface area contributed by atoms with E-state index in [0.717, 1.165) is 43.7 Å². The Bertz CT molecular complexity index is 1320. The molecule has 1 unspecified atom stereocenters. The molecule has 1 aromatic heterocycles. The van der Waals surface area contributed by atoms with E-state index in [9.17, 15) is 4.79 Å². The third kappa shape index (κ3) is 4.37. The van der Waals surface area contributed by atoms with Gasteiger partial charge in [-0.05, 0) is 81.7 Å². The summed E-state index contributed by atoms with van der Waals surface area (Å²) in [6.07, 6.45) is 8.41. The van der Waals surface area contributed by atoms with E-state index in [-0.39, 0.29) is 16.7 Å². The van der Waals surface area contributed by atoms with Crippen LogP contribution in [0.1, 0.15) is 82.3 Å². The number of likely N-dealkylation sites (N-methyl/N-ethyl adjacent to an activating group) is 1. The van der Waals surface area contributed by atoms with Crippen molar-refractivity contribution in [2.24, 2.45) is 5.41 Å². The number of aryl methyl sites for hydroxylation is 2. The molecule has 5 heteroatoms. The maximum Gasteiger partial charge on any atom is 0.227 e. The summed E-state index contributed by atoms with van der Waals surface area (Å²) < 4.78 is 2.53. The smallest absolute Gasteiger partial charge is 0.227 e. The van der Waals surface area contributed by atoms with E-state index >= 15 is 0 Å². The Morgan fingerprint density at radius 3 is 2.45 bits per heavy atom. The van der Waals surface area contributed by atoms with Crippen molar-refractivity contribution in [3.63, 3.8) is 0 Å². The van der Waals surface area contributed by atoms with Gasteiger partial charge < -0.3 is 9.47 Å². The van der Waals surface area contributed by atoms with Crippen LogP contribution in [0.15, 0.2) is 48.5 Å². The normalized spacial score (nSPS) is 27.1. The van der Waals surface area contributed by atoms with Gasteiger partial charge in [0.1, 0.15) is 5.82 Å². The summed E-state index contributed by atoms with van der Waals surface area (Å²) in [7, 11) is 2.02. The van der Waals surface area contributed by atoms with Crippen LogP contribution in [0, 0.1) is 12.3 Å². The van der Waals surface area contributed by atoms with E-state index in [1.54, 1.807) is 0 Å². The monoisotopic (exact) mass is 512 g/mol. The lowest BCUT2D eigenvalue weighted by Gasteiger charge is -2.43. The highest BCUT2D eigenvalue weighted by Crippen LogP contribution is 2.46. The van der Waals surface area contributed by atoms with Crippen molar-refractivity contribution in [2.75, 3.05) is 20.1 Å². The van der Waals surface area contributed by atoms with Crippen LogP contribution < -0.4 is 0 Å². The minimum atomic E-state index is -0.356. The molecule has 0 spiro atoms. The molecule has 1 aliphatic carbocycles. The molecule has 0 N–H and O–H groups in total. The first-order chi connectivity index (χ1) is 18.2. The summed E-state index contributed by atoms with van der Waals surface area (Å²) in [6, 6.07) is 19.4. The Labute approximate surface area is 228 Å². The van der Waals surface area contributed by atoms with Crippen LogP contribution in [-0.4, -0.2) is 57.5 Å². The van der Waals surface area contributed by atoms with Crippen LogP contribution in [0.2, 0.25) is 0 Å². The molecule has 202 valence electrons. The number of carbonyl (C=O) groups excluding carboxylic acids is 1. The molecule has 5 nitrogen and oxygen atoms in total. The quantitative estimate of drug-likeness (QED) is 0.390. The lowest BCUT2D eigenvalue weighted by molar-refractivity contribution is -0.139. The molecule has 6 rings (SSSR count). The van der Waals surface area contributed by atoms with Gasteiger partial charge >= 0.3 is 0 Å². The highest BCUT2D eigenvalue weighted by molar-refractivity contribution is 5.81. The average molecular weight is 513 g/mol. The minimum Gasteiger partial charge on any atom is -0.344 e. The molecular formula is C33H44N4O. The lowest BCUT2D eigenvalue weighted by Crippen LogP contribution is -2.48. The molecule has 0 radical (unpaired) electrons. The van der Waals surface area contributed by atoms with Crippen LogP contribution in [0.3, 0.4) is 0 Å². The van der Waals surface area contributed by atoms with Gasteiger partial charge in [-0.15, -0.1) is 0 Å². The number of amides is 1. The number of rotatable bonds is 6. The number of imidazole rings is 1. The van der Waals surface area contributed by atoms with Crippen LogP contribution in [-0.2, 0) is 16.6 Å². The number of hydrogen-bond donors (Lipinski definition) is 0. The number of para-hydroxylation sites is 2. The van der Waals surface area contributed by atoms with Crippen molar-refractivity contribution < 1.29 is 4.79 Å². The standard InChI is InChI=1S/C33H44N4O/c1-23-34-29-12-8-9-13-30(29)37(23)27-20-25-14-15-26(21-27)36(25)19-18-33(22-35(5)31(38)32(2,3)4)17-16-24-10-6-7-11-28(24)33/h6-13,25-27H,14-22H2,1-5H3/t25-,26-,33?/m0/s1. The number of hydrogen-bond acceptors (Lipinski definition) is 3. The number of benzene rings is 2. The summed E-state index contributed by atoms with van der Waals surface area (Å²) in [5.74, 6) is 1.39. The maximum atomic E-state index is 13.2. The molecule has 0 saturated carbocycles. The van der Waals surface area contributed by atoms with E-state index in [1.165, 1.54) is 42.3 Å². The van der Waals surface area contributed by atoms with Gasteiger partial charge in [-0.25, -0.2) is 4.98 Å². The van der Waals surface area contributed by atoms with Crippen molar-refractivity contribution in [1.82, 2.24) is 19.4 Å². The van der Waals surface area contributed by atoms with Crippen molar-refractivity contribution in [3.8, 4) is 0 Å². The highest BCUT2D eigenvalue weighted by atomic mass is 16.2. The van der Waals surface area contributed by atoms with E-state index in [2.05, 4.69) is 64.9 Å². The molecule has 1 amide bonds. The predicted octanol–water partition coefficient (Wildman–Crippen LogP) is 6.29. The molecule has 38 heavy (non-hydrogen) atoms. The molecule has 2 fully saturated rings. The molecular weight excluding hydrogens is 468 g/mol. The summed E-state index contributed by atoms with van der Waals surface area (Å²) >= 11 is 0. The Hall–Kier alpha value is -2.66. The molecule has 2 aromatic carbocycles. The zero-order chi connectivity index (χ0) is 26.7. The second-order valence-electron chi connectivity index (χ2n) is 13.4. The number of nitrogens with zero attached hydrogens (tertiary/aromatic N) is 4. The van der Waals surface area contributed by atoms with Crippen LogP contribution in [0.5, 0.6) is 0 Å². The number of fused-ring (bicyclic) bond motifs is 4. The Balaban J connectivity index is 1.21. The molecule has 2 saturated heterocycles. The zero-order valence-electron chi connectivity index (χ0n) is 23.9. The first-order valence-corrected chi connectivity index (χ1v) is 14.7. The van der Waals surface area contributed by atoms with E-state index in [1.807, 2.05) is 32.7 Å². The first kappa shape index (κ1) is 25.6. The average Bonchev–Trinajstić information content (AvgIpc) is 3.50. The van der Waals surface area contributed by atoms with Crippen LogP contribution in [0.4, 0.5) is 0 Å². The second-order valence-corrected chi connectivity index (χ2v) is 13.4. The Kier molecular flexibility index (Phi) is 6.41. The van der Waals surface area contributed by atoms with E-state index in [4.69, 9.17) is 4.98 Å². The van der Waals surface area contributed by atoms with Crippen LogP contribution in [0.25, 0.3) is 11.0 Å². The van der Waals surface area contributed by atoms with Gasteiger partial charge in [-0.1, -0.05) is 57.2 Å². The maximum absolute atomic E-state index is 13.2. The molecule has 2 aliphatic heterocycles. The van der Waals surface area contributed by atoms with Gasteiger partial charge in [0.2, 0.25) is 5.91 Å². The van der Waals surface area contributed by atoms with E-state index < -0.39 is 0 Å². The fourth-order valence-corrected chi connectivity index (χ4v) is 8.16. The van der Waals surface area contributed by atoms with Crippen molar-refractivity contribution >= 4 is 16.9 Å². The van der Waals surface area contributed by atoms with Crippen LogP contribution >= 0.6 is 0 Å². The van der Waals surface area contributed by atoms with Gasteiger partial charge in [0, 0.05) is 42.5 Å². The Morgan fingerprint density at radius 1 is 1.03 bits per heavy atom. The fourth-order valence-electron chi connectivity index (χ4n) is 8.16. The number of aromatic nitrogens is 2. The summed E-state index contributed by atoms with van der Waals surface area (Å²) in [6.45, 7) is 10.2. The molecule has 3 heterocycles.